The lowest BCUT2D eigenvalue weighted by atomic mass is 9.79. The van der Waals surface area contributed by atoms with Gasteiger partial charge in [-0.15, -0.1) is 11.6 Å². The van der Waals surface area contributed by atoms with Crippen molar-refractivity contribution in [2.45, 2.75) is 52.8 Å². The molecule has 1 aromatic rings. The Labute approximate surface area is 105 Å². The highest BCUT2D eigenvalue weighted by molar-refractivity contribution is 6.20. The Kier molecular flexibility index (Phi) is 4.43. The Bertz CT molecular complexity index is 330. The lowest BCUT2D eigenvalue weighted by Crippen LogP contribution is -2.20. The fraction of sp³-hybridized carbons (Fsp3) is 0.600. The molecule has 0 amide bonds. The Balaban J connectivity index is 2.87. The number of benzene rings is 1. The van der Waals surface area contributed by atoms with E-state index in [9.17, 15) is 0 Å². The molecule has 0 nitrogen and oxygen atoms in total. The highest BCUT2D eigenvalue weighted by Gasteiger charge is 2.22. The zero-order valence-corrected chi connectivity index (χ0v) is 11.9. The monoisotopic (exact) mass is 238 g/mol. The van der Waals surface area contributed by atoms with Crippen LogP contribution in [0.4, 0.5) is 0 Å². The van der Waals surface area contributed by atoms with E-state index in [0.29, 0.717) is 0 Å². The van der Waals surface area contributed by atoms with Crippen molar-refractivity contribution in [2.75, 3.05) is 0 Å². The summed E-state index contributed by atoms with van der Waals surface area (Å²) >= 11 is 6.11. The summed E-state index contributed by atoms with van der Waals surface area (Å²) in [6.07, 6.45) is 2.17. The lowest BCUT2D eigenvalue weighted by molar-refractivity contribution is 0.330. The molecule has 0 aliphatic carbocycles. The van der Waals surface area contributed by atoms with Crippen molar-refractivity contribution < 1.29 is 0 Å². The minimum Gasteiger partial charge on any atom is -0.123 e. The van der Waals surface area contributed by atoms with Crippen LogP contribution in [0.15, 0.2) is 18.2 Å². The third-order valence-corrected chi connectivity index (χ3v) is 3.29. The molecule has 0 saturated heterocycles. The second-order valence-electron chi connectivity index (χ2n) is 5.70. The van der Waals surface area contributed by atoms with E-state index in [4.69, 9.17) is 11.6 Å². The molecule has 1 rings (SSSR count). The quantitative estimate of drug-likeness (QED) is 0.656. The van der Waals surface area contributed by atoms with E-state index in [1.807, 2.05) is 0 Å². The SMILES string of the molecule is Cc1cccc(C)c1CC(C)(C)CC(C)Cl. The van der Waals surface area contributed by atoms with Crippen molar-refractivity contribution in [3.8, 4) is 0 Å². The molecule has 0 bridgehead atoms. The van der Waals surface area contributed by atoms with Crippen LogP contribution in [-0.4, -0.2) is 5.38 Å². The van der Waals surface area contributed by atoms with Gasteiger partial charge in [-0.05, 0) is 55.7 Å². The summed E-state index contributed by atoms with van der Waals surface area (Å²) in [4.78, 5) is 0. The van der Waals surface area contributed by atoms with Gasteiger partial charge in [0.2, 0.25) is 0 Å². The maximum absolute atomic E-state index is 6.11. The molecular formula is C15H23Cl. The smallest absolute Gasteiger partial charge is 0.0313 e. The van der Waals surface area contributed by atoms with Gasteiger partial charge in [-0.1, -0.05) is 32.0 Å². The molecular weight excluding hydrogens is 216 g/mol. The first kappa shape index (κ1) is 13.6. The molecule has 0 aliphatic heterocycles. The van der Waals surface area contributed by atoms with Gasteiger partial charge in [0.05, 0.1) is 0 Å². The fourth-order valence-electron chi connectivity index (χ4n) is 2.44. The summed E-state index contributed by atoms with van der Waals surface area (Å²) in [6.45, 7) is 11.1. The van der Waals surface area contributed by atoms with E-state index < -0.39 is 0 Å². The van der Waals surface area contributed by atoms with Crippen molar-refractivity contribution in [1.29, 1.82) is 0 Å². The topological polar surface area (TPSA) is 0 Å². The number of hydrogen-bond acceptors (Lipinski definition) is 0. The maximum atomic E-state index is 6.11. The van der Waals surface area contributed by atoms with Crippen LogP contribution in [0.3, 0.4) is 0 Å². The third kappa shape index (κ3) is 3.83. The molecule has 0 aliphatic rings. The summed E-state index contributed by atoms with van der Waals surface area (Å²) in [5.41, 5.74) is 4.56. The maximum Gasteiger partial charge on any atom is 0.0313 e. The normalized spacial score (nSPS) is 13.9. The summed E-state index contributed by atoms with van der Waals surface area (Å²) in [7, 11) is 0. The molecule has 0 fully saturated rings. The van der Waals surface area contributed by atoms with Gasteiger partial charge in [-0.25, -0.2) is 0 Å². The highest BCUT2D eigenvalue weighted by atomic mass is 35.5. The van der Waals surface area contributed by atoms with Gasteiger partial charge in [-0.2, -0.15) is 0 Å². The zero-order chi connectivity index (χ0) is 12.3. The van der Waals surface area contributed by atoms with Crippen molar-refractivity contribution in [3.63, 3.8) is 0 Å². The van der Waals surface area contributed by atoms with Gasteiger partial charge in [0.1, 0.15) is 0 Å². The summed E-state index contributed by atoms with van der Waals surface area (Å²) in [6, 6.07) is 6.52. The first-order valence-electron chi connectivity index (χ1n) is 6.01. The Morgan fingerprint density at radius 2 is 1.69 bits per heavy atom. The summed E-state index contributed by atoms with van der Waals surface area (Å²) < 4.78 is 0. The van der Waals surface area contributed by atoms with Crippen LogP contribution in [0, 0.1) is 19.3 Å². The number of rotatable bonds is 4. The predicted octanol–water partition coefficient (Wildman–Crippen LogP) is 4.89. The van der Waals surface area contributed by atoms with E-state index in [-0.39, 0.29) is 10.8 Å². The third-order valence-electron chi connectivity index (χ3n) is 3.13. The van der Waals surface area contributed by atoms with E-state index in [2.05, 4.69) is 52.8 Å². The molecule has 0 aromatic heterocycles. The number of hydrogen-bond donors (Lipinski definition) is 0. The first-order valence-corrected chi connectivity index (χ1v) is 6.44. The highest BCUT2D eigenvalue weighted by Crippen LogP contribution is 2.31. The molecule has 1 atom stereocenters. The molecule has 0 spiro atoms. The van der Waals surface area contributed by atoms with Crippen LogP contribution < -0.4 is 0 Å². The summed E-state index contributed by atoms with van der Waals surface area (Å²) in [5.74, 6) is 0. The predicted molar refractivity (Wildman–Crippen MR) is 73.3 cm³/mol. The van der Waals surface area contributed by atoms with E-state index in [1.54, 1.807) is 0 Å². The number of aryl methyl sites for hydroxylation is 2. The van der Waals surface area contributed by atoms with Gasteiger partial charge in [0, 0.05) is 5.38 Å². The van der Waals surface area contributed by atoms with Crippen LogP contribution in [0.5, 0.6) is 0 Å². The standard InChI is InChI=1S/C15H23Cl/c1-11-7-6-8-12(2)14(11)10-15(4,5)9-13(3)16/h6-8,13H,9-10H2,1-5H3. The fourth-order valence-corrected chi connectivity index (χ4v) is 2.86. The second-order valence-corrected chi connectivity index (χ2v) is 6.44. The van der Waals surface area contributed by atoms with Gasteiger partial charge in [0.15, 0.2) is 0 Å². The lowest BCUT2D eigenvalue weighted by Gasteiger charge is -2.27. The number of alkyl halides is 1. The molecule has 0 heterocycles. The molecule has 0 radical (unpaired) electrons. The average Bonchev–Trinajstić information content (AvgIpc) is 2.09. The minimum absolute atomic E-state index is 0.249. The molecule has 0 saturated carbocycles. The van der Waals surface area contributed by atoms with Gasteiger partial charge < -0.3 is 0 Å². The molecule has 1 heteroatoms. The van der Waals surface area contributed by atoms with Crippen molar-refractivity contribution in [2.24, 2.45) is 5.41 Å². The van der Waals surface area contributed by atoms with Crippen molar-refractivity contribution in [1.82, 2.24) is 0 Å². The van der Waals surface area contributed by atoms with Crippen molar-refractivity contribution >= 4 is 11.6 Å². The van der Waals surface area contributed by atoms with Gasteiger partial charge in [-0.3, -0.25) is 0 Å². The molecule has 0 N–H and O–H groups in total. The van der Waals surface area contributed by atoms with E-state index in [0.717, 1.165) is 12.8 Å². The van der Waals surface area contributed by atoms with E-state index in [1.165, 1.54) is 16.7 Å². The zero-order valence-electron chi connectivity index (χ0n) is 11.1. The second kappa shape index (κ2) is 5.23. The number of halogens is 1. The minimum atomic E-state index is 0.249. The Morgan fingerprint density at radius 1 is 1.19 bits per heavy atom. The average molecular weight is 239 g/mol. The Hall–Kier alpha value is -0.490. The van der Waals surface area contributed by atoms with Crippen LogP contribution >= 0.6 is 11.6 Å². The molecule has 1 aromatic carbocycles. The molecule has 90 valence electrons. The van der Waals surface area contributed by atoms with Crippen LogP contribution in [-0.2, 0) is 6.42 Å². The van der Waals surface area contributed by atoms with Crippen LogP contribution in [0.25, 0.3) is 0 Å². The van der Waals surface area contributed by atoms with Crippen LogP contribution in [0.2, 0.25) is 0 Å². The van der Waals surface area contributed by atoms with Crippen molar-refractivity contribution in [3.05, 3.63) is 34.9 Å². The molecule has 1 unspecified atom stereocenters. The van der Waals surface area contributed by atoms with Gasteiger partial charge in [0.25, 0.3) is 0 Å². The Morgan fingerprint density at radius 3 is 2.12 bits per heavy atom. The van der Waals surface area contributed by atoms with Crippen LogP contribution in [0.1, 0.15) is 43.9 Å². The summed E-state index contributed by atoms with van der Waals surface area (Å²) in [5, 5.41) is 0.249. The van der Waals surface area contributed by atoms with E-state index >= 15 is 0 Å². The van der Waals surface area contributed by atoms with Gasteiger partial charge >= 0.3 is 0 Å². The first-order chi connectivity index (χ1) is 7.32. The largest absolute Gasteiger partial charge is 0.123 e. The molecule has 16 heavy (non-hydrogen) atoms.